The van der Waals surface area contributed by atoms with Crippen molar-refractivity contribution in [2.75, 3.05) is 4.90 Å². The molecule has 2 heterocycles. The number of carboxylic acids is 1. The molecule has 6 nitrogen and oxygen atoms in total. The van der Waals surface area contributed by atoms with Crippen LogP contribution in [0.3, 0.4) is 0 Å². The highest BCUT2D eigenvalue weighted by Gasteiger charge is 2.35. The van der Waals surface area contributed by atoms with Gasteiger partial charge in [-0.05, 0) is 24.3 Å². The lowest BCUT2D eigenvalue weighted by atomic mass is 10.2. The zero-order valence-electron chi connectivity index (χ0n) is 12.4. The van der Waals surface area contributed by atoms with Crippen molar-refractivity contribution in [3.8, 4) is 0 Å². The lowest BCUT2D eigenvalue weighted by Gasteiger charge is -2.23. The van der Waals surface area contributed by atoms with Crippen molar-refractivity contribution in [1.29, 1.82) is 0 Å². The van der Waals surface area contributed by atoms with Gasteiger partial charge in [0.25, 0.3) is 0 Å². The molecule has 24 heavy (non-hydrogen) atoms. The Bertz CT molecular complexity index is 764. The van der Waals surface area contributed by atoms with Crippen molar-refractivity contribution in [2.24, 2.45) is 0 Å². The SMILES string of the molecule is CCC(=O)N(c1cccnc1)c1nc(C(F)(F)F)ccc1C(=O)O. The second kappa shape index (κ2) is 6.65. The summed E-state index contributed by atoms with van der Waals surface area (Å²) in [6.45, 7) is 1.50. The Balaban J connectivity index is 2.72. The number of hydrogen-bond donors (Lipinski definition) is 1. The van der Waals surface area contributed by atoms with Crippen LogP contribution in [0.25, 0.3) is 0 Å². The van der Waals surface area contributed by atoms with Gasteiger partial charge in [-0.2, -0.15) is 13.2 Å². The molecule has 9 heteroatoms. The van der Waals surface area contributed by atoms with Gasteiger partial charge >= 0.3 is 12.1 Å². The third-order valence-electron chi connectivity index (χ3n) is 3.06. The van der Waals surface area contributed by atoms with Crippen LogP contribution in [-0.2, 0) is 11.0 Å². The number of alkyl halides is 3. The molecule has 0 atom stereocenters. The summed E-state index contributed by atoms with van der Waals surface area (Å²) in [4.78, 5) is 31.6. The Morgan fingerprint density at radius 3 is 2.46 bits per heavy atom. The molecule has 1 amide bonds. The highest BCUT2D eigenvalue weighted by atomic mass is 19.4. The van der Waals surface area contributed by atoms with Gasteiger partial charge in [0.2, 0.25) is 5.91 Å². The first-order chi connectivity index (χ1) is 11.3. The Kier molecular flexibility index (Phi) is 4.82. The van der Waals surface area contributed by atoms with E-state index in [0.29, 0.717) is 6.07 Å². The van der Waals surface area contributed by atoms with Crippen molar-refractivity contribution in [1.82, 2.24) is 9.97 Å². The van der Waals surface area contributed by atoms with Crippen LogP contribution in [0, 0.1) is 0 Å². The molecule has 0 saturated heterocycles. The van der Waals surface area contributed by atoms with E-state index in [4.69, 9.17) is 0 Å². The third kappa shape index (κ3) is 3.50. The topological polar surface area (TPSA) is 83.4 Å². The standard InChI is InChI=1S/C15H12F3N3O3/c1-2-12(22)21(9-4-3-7-19-8-9)13-10(14(23)24)5-6-11(20-13)15(16,17)18/h3-8H,2H2,1H3,(H,23,24). The van der Waals surface area contributed by atoms with E-state index >= 15 is 0 Å². The molecular formula is C15H12F3N3O3. The number of hydrogen-bond acceptors (Lipinski definition) is 4. The molecule has 2 aromatic heterocycles. The largest absolute Gasteiger partial charge is 0.478 e. The van der Waals surface area contributed by atoms with E-state index in [1.807, 2.05) is 0 Å². The number of carbonyl (C=O) groups is 2. The minimum Gasteiger partial charge on any atom is -0.478 e. The fourth-order valence-corrected chi connectivity index (χ4v) is 1.97. The molecule has 2 aromatic rings. The lowest BCUT2D eigenvalue weighted by molar-refractivity contribution is -0.141. The van der Waals surface area contributed by atoms with Gasteiger partial charge in [0, 0.05) is 12.6 Å². The minimum absolute atomic E-state index is 0.0636. The first-order valence-corrected chi connectivity index (χ1v) is 6.80. The maximum absolute atomic E-state index is 12.9. The third-order valence-corrected chi connectivity index (χ3v) is 3.06. The van der Waals surface area contributed by atoms with Crippen LogP contribution in [0.1, 0.15) is 29.4 Å². The first kappa shape index (κ1) is 17.4. The van der Waals surface area contributed by atoms with E-state index in [-0.39, 0.29) is 12.1 Å². The number of halogens is 3. The molecule has 0 aliphatic heterocycles. The van der Waals surface area contributed by atoms with E-state index < -0.39 is 35.1 Å². The van der Waals surface area contributed by atoms with Gasteiger partial charge in [0.1, 0.15) is 11.3 Å². The Morgan fingerprint density at radius 1 is 1.25 bits per heavy atom. The summed E-state index contributed by atoms with van der Waals surface area (Å²) in [7, 11) is 0. The van der Waals surface area contributed by atoms with Crippen molar-refractivity contribution >= 4 is 23.4 Å². The second-order valence-electron chi connectivity index (χ2n) is 4.66. The van der Waals surface area contributed by atoms with Gasteiger partial charge in [-0.1, -0.05) is 6.92 Å². The highest BCUT2D eigenvalue weighted by Crippen LogP contribution is 2.33. The fraction of sp³-hybridized carbons (Fsp3) is 0.200. The number of carboxylic acid groups (broad SMARTS) is 1. The Hall–Kier alpha value is -2.97. The van der Waals surface area contributed by atoms with Gasteiger partial charge < -0.3 is 5.11 Å². The molecular weight excluding hydrogens is 327 g/mol. The predicted octanol–water partition coefficient (Wildman–Crippen LogP) is 3.27. The number of aromatic carboxylic acids is 1. The Morgan fingerprint density at radius 2 is 1.96 bits per heavy atom. The van der Waals surface area contributed by atoms with Crippen LogP contribution in [0.15, 0.2) is 36.7 Å². The van der Waals surface area contributed by atoms with Gasteiger partial charge in [0.05, 0.1) is 11.9 Å². The highest BCUT2D eigenvalue weighted by molar-refractivity contribution is 6.05. The molecule has 0 fully saturated rings. The number of amides is 1. The van der Waals surface area contributed by atoms with Crippen LogP contribution >= 0.6 is 0 Å². The van der Waals surface area contributed by atoms with Gasteiger partial charge in [-0.3, -0.25) is 14.7 Å². The fourth-order valence-electron chi connectivity index (χ4n) is 1.97. The molecule has 1 N–H and O–H groups in total. The van der Waals surface area contributed by atoms with E-state index in [2.05, 4.69) is 9.97 Å². The molecule has 0 bridgehead atoms. The van der Waals surface area contributed by atoms with Crippen LogP contribution in [-0.4, -0.2) is 27.0 Å². The first-order valence-electron chi connectivity index (χ1n) is 6.80. The summed E-state index contributed by atoms with van der Waals surface area (Å²) < 4.78 is 38.8. The molecule has 0 aromatic carbocycles. The number of rotatable bonds is 4. The summed E-state index contributed by atoms with van der Waals surface area (Å²) in [5.74, 6) is -2.71. The van der Waals surface area contributed by atoms with Crippen LogP contribution in [0.2, 0.25) is 0 Å². The zero-order valence-corrected chi connectivity index (χ0v) is 12.4. The number of aromatic nitrogens is 2. The molecule has 2 rings (SSSR count). The monoisotopic (exact) mass is 339 g/mol. The molecule has 126 valence electrons. The lowest BCUT2D eigenvalue weighted by Crippen LogP contribution is -2.29. The predicted molar refractivity (Wildman–Crippen MR) is 77.9 cm³/mol. The second-order valence-corrected chi connectivity index (χ2v) is 4.66. The molecule has 0 radical (unpaired) electrons. The number of carbonyl (C=O) groups excluding carboxylic acids is 1. The van der Waals surface area contributed by atoms with Crippen LogP contribution in [0.5, 0.6) is 0 Å². The summed E-state index contributed by atoms with van der Waals surface area (Å²) >= 11 is 0. The molecule has 0 aliphatic carbocycles. The van der Waals surface area contributed by atoms with Crippen molar-refractivity contribution < 1.29 is 27.9 Å². The van der Waals surface area contributed by atoms with Crippen molar-refractivity contribution in [2.45, 2.75) is 19.5 Å². The average molecular weight is 339 g/mol. The van der Waals surface area contributed by atoms with Gasteiger partial charge in [0.15, 0.2) is 5.82 Å². The summed E-state index contributed by atoms with van der Waals surface area (Å²) in [6, 6.07) is 4.23. The van der Waals surface area contributed by atoms with E-state index in [1.165, 1.54) is 31.5 Å². The van der Waals surface area contributed by atoms with Gasteiger partial charge in [-0.15, -0.1) is 0 Å². The Labute approximate surface area is 134 Å². The normalized spacial score (nSPS) is 11.2. The van der Waals surface area contributed by atoms with Crippen molar-refractivity contribution in [3.05, 3.63) is 47.9 Å². The number of pyridine rings is 2. The molecule has 0 aliphatic rings. The van der Waals surface area contributed by atoms with E-state index in [1.54, 1.807) is 0 Å². The minimum atomic E-state index is -4.78. The maximum atomic E-state index is 12.9. The summed E-state index contributed by atoms with van der Waals surface area (Å²) in [5, 5.41) is 9.23. The number of nitrogens with zero attached hydrogens (tertiary/aromatic N) is 3. The molecule has 0 unspecified atom stereocenters. The van der Waals surface area contributed by atoms with E-state index in [9.17, 15) is 27.9 Å². The maximum Gasteiger partial charge on any atom is 0.433 e. The van der Waals surface area contributed by atoms with Gasteiger partial charge in [-0.25, -0.2) is 9.78 Å². The quantitative estimate of drug-likeness (QED) is 0.924. The smallest absolute Gasteiger partial charge is 0.433 e. The molecule has 0 spiro atoms. The summed E-state index contributed by atoms with van der Waals surface area (Å²) in [5.41, 5.74) is -1.69. The zero-order chi connectivity index (χ0) is 17.9. The van der Waals surface area contributed by atoms with Crippen molar-refractivity contribution in [3.63, 3.8) is 0 Å². The summed E-state index contributed by atoms with van der Waals surface area (Å²) in [6.07, 6.45) is -2.19. The van der Waals surface area contributed by atoms with Crippen LogP contribution < -0.4 is 4.90 Å². The van der Waals surface area contributed by atoms with Crippen LogP contribution in [0.4, 0.5) is 24.7 Å². The van der Waals surface area contributed by atoms with E-state index in [0.717, 1.165) is 11.0 Å². The molecule has 0 saturated carbocycles. The number of anilines is 2. The average Bonchev–Trinajstić information content (AvgIpc) is 2.54.